The van der Waals surface area contributed by atoms with E-state index in [0.29, 0.717) is 11.6 Å². The van der Waals surface area contributed by atoms with Gasteiger partial charge in [-0.1, -0.05) is 11.6 Å². The van der Waals surface area contributed by atoms with Crippen LogP contribution >= 0.6 is 11.6 Å². The van der Waals surface area contributed by atoms with Gasteiger partial charge < -0.3 is 4.74 Å². The van der Waals surface area contributed by atoms with E-state index in [2.05, 4.69) is 9.97 Å². The van der Waals surface area contributed by atoms with Gasteiger partial charge in [0.25, 0.3) is 0 Å². The second-order valence-electron chi connectivity index (χ2n) is 3.52. The number of hydrogen-bond donors (Lipinski definition) is 0. The zero-order chi connectivity index (χ0) is 13.2. The third-order valence-corrected chi connectivity index (χ3v) is 3.42. The molecule has 1 heterocycles. The highest BCUT2D eigenvalue weighted by Gasteiger charge is 2.07. The summed E-state index contributed by atoms with van der Waals surface area (Å²) in [5.41, 5.74) is 0. The molecule has 94 valence electrons. The number of sulfone groups is 1. The number of nitrogens with zero attached hydrogens (tertiary/aromatic N) is 2. The molecule has 0 amide bonds. The quantitative estimate of drug-likeness (QED) is 0.809. The lowest BCUT2D eigenvalue weighted by Crippen LogP contribution is -1.96. The molecule has 0 saturated carbocycles. The van der Waals surface area contributed by atoms with Crippen molar-refractivity contribution in [1.82, 2.24) is 9.97 Å². The Morgan fingerprint density at radius 3 is 2.39 bits per heavy atom. The van der Waals surface area contributed by atoms with Gasteiger partial charge in [0.2, 0.25) is 5.88 Å². The van der Waals surface area contributed by atoms with Gasteiger partial charge in [-0.2, -0.15) is 0 Å². The van der Waals surface area contributed by atoms with Crippen molar-refractivity contribution in [3.8, 4) is 11.6 Å². The van der Waals surface area contributed by atoms with Crippen molar-refractivity contribution in [2.75, 3.05) is 6.26 Å². The number of ether oxygens (including phenoxy) is 1. The van der Waals surface area contributed by atoms with Crippen molar-refractivity contribution in [3.05, 3.63) is 41.8 Å². The fourth-order valence-electron chi connectivity index (χ4n) is 1.25. The Labute approximate surface area is 109 Å². The van der Waals surface area contributed by atoms with Gasteiger partial charge in [-0.25, -0.2) is 18.4 Å². The van der Waals surface area contributed by atoms with Crippen molar-refractivity contribution in [3.63, 3.8) is 0 Å². The number of aromatic nitrogens is 2. The molecule has 0 spiro atoms. The van der Waals surface area contributed by atoms with Crippen LogP contribution < -0.4 is 4.74 Å². The van der Waals surface area contributed by atoms with E-state index < -0.39 is 9.84 Å². The van der Waals surface area contributed by atoms with E-state index >= 15 is 0 Å². The zero-order valence-electron chi connectivity index (χ0n) is 9.37. The molecule has 7 heteroatoms. The predicted octanol–water partition coefficient (Wildman–Crippen LogP) is 2.33. The van der Waals surface area contributed by atoms with Crippen molar-refractivity contribution < 1.29 is 13.2 Å². The van der Waals surface area contributed by atoms with Crippen LogP contribution in [-0.4, -0.2) is 24.6 Å². The van der Waals surface area contributed by atoms with Gasteiger partial charge in [0, 0.05) is 12.3 Å². The van der Waals surface area contributed by atoms with Gasteiger partial charge in [-0.15, -0.1) is 0 Å². The normalized spacial score (nSPS) is 11.2. The maximum absolute atomic E-state index is 11.3. The van der Waals surface area contributed by atoms with Crippen molar-refractivity contribution >= 4 is 21.4 Å². The van der Waals surface area contributed by atoms with Crippen LogP contribution in [0.1, 0.15) is 0 Å². The minimum atomic E-state index is -3.20. The molecule has 2 aromatic rings. The Balaban J connectivity index is 2.21. The highest BCUT2D eigenvalue weighted by atomic mass is 35.5. The van der Waals surface area contributed by atoms with Gasteiger partial charge in [0.15, 0.2) is 9.84 Å². The standard InChI is InChI=1S/C11H9ClN2O3S/c1-18(15,16)9-4-2-8(3-5-9)17-11-6-10(12)13-7-14-11/h2-7H,1H3. The van der Waals surface area contributed by atoms with E-state index in [0.717, 1.165) is 6.26 Å². The van der Waals surface area contributed by atoms with Crippen molar-refractivity contribution in [2.24, 2.45) is 0 Å². The van der Waals surface area contributed by atoms with Gasteiger partial charge in [-0.05, 0) is 24.3 Å². The highest BCUT2D eigenvalue weighted by molar-refractivity contribution is 7.90. The molecule has 0 bridgehead atoms. The SMILES string of the molecule is CS(=O)(=O)c1ccc(Oc2cc(Cl)ncn2)cc1. The first-order valence-corrected chi connectivity index (χ1v) is 7.17. The molecule has 0 aliphatic rings. The van der Waals surface area contributed by atoms with Crippen LogP contribution in [0.4, 0.5) is 0 Å². The van der Waals surface area contributed by atoms with E-state index in [9.17, 15) is 8.42 Å². The molecule has 2 rings (SSSR count). The first kappa shape index (κ1) is 12.8. The van der Waals surface area contributed by atoms with Crippen LogP contribution in [-0.2, 0) is 9.84 Å². The van der Waals surface area contributed by atoms with E-state index in [4.69, 9.17) is 16.3 Å². The predicted molar refractivity (Wildman–Crippen MR) is 66.7 cm³/mol. The summed E-state index contributed by atoms with van der Waals surface area (Å²) in [6.45, 7) is 0. The number of benzene rings is 1. The largest absolute Gasteiger partial charge is 0.439 e. The summed E-state index contributed by atoms with van der Waals surface area (Å²) in [7, 11) is -3.20. The minimum Gasteiger partial charge on any atom is -0.439 e. The van der Waals surface area contributed by atoms with Gasteiger partial charge in [0.1, 0.15) is 17.2 Å². The first-order valence-electron chi connectivity index (χ1n) is 4.91. The molecule has 0 fully saturated rings. The minimum absolute atomic E-state index is 0.232. The summed E-state index contributed by atoms with van der Waals surface area (Å²) < 4.78 is 27.9. The highest BCUT2D eigenvalue weighted by Crippen LogP contribution is 2.22. The topological polar surface area (TPSA) is 69.2 Å². The average Bonchev–Trinajstić information content (AvgIpc) is 2.28. The molecule has 0 aliphatic heterocycles. The summed E-state index contributed by atoms with van der Waals surface area (Å²) >= 11 is 5.69. The number of hydrogen-bond acceptors (Lipinski definition) is 5. The summed E-state index contributed by atoms with van der Waals surface area (Å²) in [6.07, 6.45) is 2.43. The second kappa shape index (κ2) is 4.91. The number of halogens is 1. The molecule has 18 heavy (non-hydrogen) atoms. The fourth-order valence-corrected chi connectivity index (χ4v) is 2.02. The average molecular weight is 285 g/mol. The van der Waals surface area contributed by atoms with E-state index in [1.165, 1.54) is 24.5 Å². The molecule has 1 aromatic carbocycles. The van der Waals surface area contributed by atoms with Crippen LogP contribution in [0.2, 0.25) is 5.15 Å². The lowest BCUT2D eigenvalue weighted by molar-refractivity contribution is 0.461. The van der Waals surface area contributed by atoms with E-state index in [1.54, 1.807) is 12.1 Å². The molecular formula is C11H9ClN2O3S. The maximum Gasteiger partial charge on any atom is 0.223 e. The maximum atomic E-state index is 11.3. The Morgan fingerprint density at radius 1 is 1.17 bits per heavy atom. The smallest absolute Gasteiger partial charge is 0.223 e. The van der Waals surface area contributed by atoms with Crippen LogP contribution in [0.15, 0.2) is 41.6 Å². The molecular weight excluding hydrogens is 276 g/mol. The van der Waals surface area contributed by atoms with Gasteiger partial charge in [-0.3, -0.25) is 0 Å². The summed E-state index contributed by atoms with van der Waals surface area (Å²) in [5.74, 6) is 0.763. The van der Waals surface area contributed by atoms with Crippen molar-refractivity contribution in [2.45, 2.75) is 4.90 Å². The van der Waals surface area contributed by atoms with E-state index in [1.807, 2.05) is 0 Å². The molecule has 0 radical (unpaired) electrons. The molecule has 0 unspecified atom stereocenters. The molecule has 0 atom stereocenters. The monoisotopic (exact) mass is 284 g/mol. The molecule has 0 aliphatic carbocycles. The number of rotatable bonds is 3. The lowest BCUT2D eigenvalue weighted by Gasteiger charge is -2.05. The first-order chi connectivity index (χ1) is 8.45. The van der Waals surface area contributed by atoms with Gasteiger partial charge >= 0.3 is 0 Å². The van der Waals surface area contributed by atoms with Gasteiger partial charge in [0.05, 0.1) is 4.90 Å². The molecule has 0 saturated heterocycles. The Hall–Kier alpha value is -1.66. The summed E-state index contributed by atoms with van der Waals surface area (Å²) in [4.78, 5) is 7.82. The Bertz CT molecular complexity index is 656. The van der Waals surface area contributed by atoms with Crippen LogP contribution in [0.25, 0.3) is 0 Å². The van der Waals surface area contributed by atoms with Crippen LogP contribution in [0.3, 0.4) is 0 Å². The van der Waals surface area contributed by atoms with Crippen molar-refractivity contribution in [1.29, 1.82) is 0 Å². The fraction of sp³-hybridized carbons (Fsp3) is 0.0909. The Kier molecular flexibility index (Phi) is 3.49. The lowest BCUT2D eigenvalue weighted by atomic mass is 10.3. The third-order valence-electron chi connectivity index (χ3n) is 2.08. The molecule has 1 aromatic heterocycles. The second-order valence-corrected chi connectivity index (χ2v) is 5.93. The van der Waals surface area contributed by atoms with Crippen LogP contribution in [0, 0.1) is 0 Å². The molecule has 5 nitrogen and oxygen atoms in total. The summed E-state index contributed by atoms with van der Waals surface area (Å²) in [6, 6.07) is 7.49. The zero-order valence-corrected chi connectivity index (χ0v) is 10.9. The molecule has 0 N–H and O–H groups in total. The van der Waals surface area contributed by atoms with E-state index in [-0.39, 0.29) is 10.0 Å². The third kappa shape index (κ3) is 3.18. The summed E-state index contributed by atoms with van der Waals surface area (Å²) in [5, 5.41) is 0.271. The van der Waals surface area contributed by atoms with Crippen LogP contribution in [0.5, 0.6) is 11.6 Å². The Morgan fingerprint density at radius 2 is 1.83 bits per heavy atom.